The molecule has 0 amide bonds. The van der Waals surface area contributed by atoms with Gasteiger partial charge in [-0.1, -0.05) is 0 Å². The minimum atomic E-state index is -0.683. The molecule has 0 bridgehead atoms. The number of nitrogens with zero attached hydrogens (tertiary/aromatic N) is 4. The lowest BCUT2D eigenvalue weighted by molar-refractivity contribution is -0.388. The zero-order valence-electron chi connectivity index (χ0n) is 8.81. The number of aromatic nitrogens is 2. The first-order chi connectivity index (χ1) is 8.58. The molecule has 0 saturated carbocycles. The lowest BCUT2D eigenvalue weighted by Crippen LogP contribution is -1.87. The van der Waals surface area contributed by atoms with Gasteiger partial charge in [-0.15, -0.1) is 10.2 Å². The summed E-state index contributed by atoms with van der Waals surface area (Å²) in [6, 6.07) is 3.69. The molecule has 0 aliphatic carbocycles. The van der Waals surface area contributed by atoms with Crippen LogP contribution >= 0.6 is 0 Å². The van der Waals surface area contributed by atoms with Gasteiger partial charge in [0.25, 0.3) is 5.82 Å². The standard InChI is InChI=1S/C9H7N5O4/c15-5-1-2-6(7(16)3-5)12-13-8-9(14(17)18)11-4-10-8/h1-4,15-16H,(H,10,11). The molecule has 2 aromatic rings. The van der Waals surface area contributed by atoms with Crippen LogP contribution in [-0.4, -0.2) is 25.1 Å². The van der Waals surface area contributed by atoms with E-state index in [1.807, 2.05) is 0 Å². The van der Waals surface area contributed by atoms with E-state index in [0.29, 0.717) is 0 Å². The van der Waals surface area contributed by atoms with E-state index in [2.05, 4.69) is 20.2 Å². The van der Waals surface area contributed by atoms with Gasteiger partial charge in [-0.3, -0.25) is 0 Å². The van der Waals surface area contributed by atoms with Crippen LogP contribution in [0.1, 0.15) is 0 Å². The van der Waals surface area contributed by atoms with Crippen LogP contribution in [0.15, 0.2) is 34.8 Å². The summed E-state index contributed by atoms with van der Waals surface area (Å²) in [6.07, 6.45) is 1.11. The number of nitrogens with one attached hydrogen (secondary N) is 1. The predicted octanol–water partition coefficient (Wildman–Crippen LogP) is 2.14. The number of rotatable bonds is 3. The third-order valence-electron chi connectivity index (χ3n) is 1.99. The first-order valence-corrected chi connectivity index (χ1v) is 4.69. The summed E-state index contributed by atoms with van der Waals surface area (Å²) in [4.78, 5) is 15.8. The third-order valence-corrected chi connectivity index (χ3v) is 1.99. The first kappa shape index (κ1) is 11.5. The van der Waals surface area contributed by atoms with Crippen LogP contribution in [0.3, 0.4) is 0 Å². The van der Waals surface area contributed by atoms with Crippen molar-refractivity contribution in [1.29, 1.82) is 0 Å². The largest absolute Gasteiger partial charge is 0.508 e. The van der Waals surface area contributed by atoms with E-state index in [1.54, 1.807) is 0 Å². The number of azo groups is 1. The molecule has 1 aromatic carbocycles. The molecule has 0 aliphatic rings. The highest BCUT2D eigenvalue weighted by Gasteiger charge is 2.14. The molecule has 18 heavy (non-hydrogen) atoms. The Labute approximate surface area is 99.6 Å². The summed E-state index contributed by atoms with van der Waals surface area (Å²) in [6.45, 7) is 0. The van der Waals surface area contributed by atoms with Gasteiger partial charge in [0.2, 0.25) is 0 Å². The maximum Gasteiger partial charge on any atom is 0.369 e. The molecule has 1 aromatic heterocycles. The zero-order chi connectivity index (χ0) is 13.1. The van der Waals surface area contributed by atoms with Crippen LogP contribution in [0.4, 0.5) is 17.3 Å². The Morgan fingerprint density at radius 1 is 1.33 bits per heavy atom. The normalized spacial score (nSPS) is 10.9. The Bertz CT molecular complexity index is 621. The Kier molecular flexibility index (Phi) is 2.87. The number of hydrogen-bond acceptors (Lipinski definition) is 7. The van der Waals surface area contributed by atoms with E-state index in [4.69, 9.17) is 5.11 Å². The molecule has 0 fully saturated rings. The number of phenols is 2. The summed E-state index contributed by atoms with van der Waals surface area (Å²) >= 11 is 0. The van der Waals surface area contributed by atoms with Gasteiger partial charge in [0.05, 0.1) is 0 Å². The van der Waals surface area contributed by atoms with Gasteiger partial charge in [-0.25, -0.2) is 4.98 Å². The number of benzene rings is 1. The van der Waals surface area contributed by atoms with Gasteiger partial charge in [0.1, 0.15) is 17.2 Å². The van der Waals surface area contributed by atoms with Crippen molar-refractivity contribution in [2.75, 3.05) is 0 Å². The van der Waals surface area contributed by atoms with Crippen molar-refractivity contribution in [3.8, 4) is 11.5 Å². The summed E-state index contributed by atoms with van der Waals surface area (Å²) in [5.41, 5.74) is 0.0603. The van der Waals surface area contributed by atoms with E-state index in [0.717, 1.165) is 12.4 Å². The number of hydrogen-bond donors (Lipinski definition) is 3. The number of aromatic hydroxyl groups is 2. The number of aromatic amines is 1. The summed E-state index contributed by atoms with van der Waals surface area (Å²) in [5, 5.41) is 36.2. The first-order valence-electron chi connectivity index (χ1n) is 4.69. The molecule has 3 N–H and O–H groups in total. The Balaban J connectivity index is 2.30. The van der Waals surface area contributed by atoms with Crippen LogP contribution in [0.25, 0.3) is 0 Å². The number of H-pyrrole nitrogens is 1. The van der Waals surface area contributed by atoms with Crippen LogP contribution in [0.5, 0.6) is 11.5 Å². The summed E-state index contributed by atoms with van der Waals surface area (Å²) in [5.74, 6) is -1.02. The molecule has 0 unspecified atom stereocenters. The maximum atomic E-state index is 10.6. The molecular formula is C9H7N5O4. The van der Waals surface area contributed by atoms with Crippen molar-refractivity contribution in [1.82, 2.24) is 9.97 Å². The highest BCUT2D eigenvalue weighted by molar-refractivity contribution is 5.54. The van der Waals surface area contributed by atoms with Gasteiger partial charge in [-0.05, 0) is 17.1 Å². The molecule has 0 saturated heterocycles. The number of phenolic OH excluding ortho intramolecular Hbond substituents is 2. The minimum Gasteiger partial charge on any atom is -0.508 e. The Morgan fingerprint density at radius 3 is 2.78 bits per heavy atom. The van der Waals surface area contributed by atoms with E-state index < -0.39 is 10.7 Å². The fourth-order valence-electron chi connectivity index (χ4n) is 1.19. The molecule has 9 heteroatoms. The molecule has 1 heterocycles. The maximum absolute atomic E-state index is 10.6. The van der Waals surface area contributed by atoms with Crippen LogP contribution in [0, 0.1) is 10.1 Å². The zero-order valence-corrected chi connectivity index (χ0v) is 8.81. The van der Waals surface area contributed by atoms with Crippen molar-refractivity contribution in [2.45, 2.75) is 0 Å². The van der Waals surface area contributed by atoms with Gasteiger partial charge < -0.3 is 20.3 Å². The molecule has 0 aliphatic heterocycles. The van der Waals surface area contributed by atoms with E-state index >= 15 is 0 Å². The van der Waals surface area contributed by atoms with Crippen LogP contribution in [-0.2, 0) is 0 Å². The second kappa shape index (κ2) is 4.49. The van der Waals surface area contributed by atoms with Gasteiger partial charge in [-0.2, -0.15) is 4.98 Å². The van der Waals surface area contributed by atoms with Crippen molar-refractivity contribution in [3.63, 3.8) is 0 Å². The quantitative estimate of drug-likeness (QED) is 0.434. The molecule has 92 valence electrons. The van der Waals surface area contributed by atoms with Crippen molar-refractivity contribution < 1.29 is 15.1 Å². The molecule has 2 rings (SSSR count). The molecular weight excluding hydrogens is 242 g/mol. The lowest BCUT2D eigenvalue weighted by Gasteiger charge is -1.97. The van der Waals surface area contributed by atoms with E-state index in [9.17, 15) is 15.2 Å². The van der Waals surface area contributed by atoms with Crippen molar-refractivity contribution in [3.05, 3.63) is 34.6 Å². The summed E-state index contributed by atoms with van der Waals surface area (Å²) < 4.78 is 0. The van der Waals surface area contributed by atoms with E-state index in [1.165, 1.54) is 12.1 Å². The average molecular weight is 249 g/mol. The minimum absolute atomic E-state index is 0.0603. The van der Waals surface area contributed by atoms with Crippen molar-refractivity contribution >= 4 is 17.3 Å². The lowest BCUT2D eigenvalue weighted by atomic mass is 10.3. The number of nitro groups is 1. The van der Waals surface area contributed by atoms with Crippen LogP contribution in [0.2, 0.25) is 0 Å². The van der Waals surface area contributed by atoms with Gasteiger partial charge in [0, 0.05) is 6.07 Å². The fraction of sp³-hybridized carbons (Fsp3) is 0. The van der Waals surface area contributed by atoms with Gasteiger partial charge in [0.15, 0.2) is 6.33 Å². The third kappa shape index (κ3) is 2.24. The Hall–Kier alpha value is -2.97. The molecule has 0 radical (unpaired) electrons. The monoisotopic (exact) mass is 249 g/mol. The van der Waals surface area contributed by atoms with E-state index in [-0.39, 0.29) is 23.0 Å². The molecule has 0 spiro atoms. The average Bonchev–Trinajstić information content (AvgIpc) is 2.76. The fourth-order valence-corrected chi connectivity index (χ4v) is 1.19. The van der Waals surface area contributed by atoms with Crippen LogP contribution < -0.4 is 0 Å². The van der Waals surface area contributed by atoms with Gasteiger partial charge >= 0.3 is 5.82 Å². The molecule has 0 atom stereocenters. The topological polar surface area (TPSA) is 137 Å². The smallest absolute Gasteiger partial charge is 0.369 e. The highest BCUT2D eigenvalue weighted by Crippen LogP contribution is 2.32. The predicted molar refractivity (Wildman–Crippen MR) is 59.2 cm³/mol. The second-order valence-electron chi connectivity index (χ2n) is 3.20. The molecule has 9 nitrogen and oxygen atoms in total. The summed E-state index contributed by atoms with van der Waals surface area (Å²) in [7, 11) is 0. The second-order valence-corrected chi connectivity index (χ2v) is 3.20. The highest BCUT2D eigenvalue weighted by atomic mass is 16.6. The number of imidazole rings is 1. The SMILES string of the molecule is O=[N+]([O-])c1[nH]cnc1N=Nc1ccc(O)cc1O. The van der Waals surface area contributed by atoms with Crippen molar-refractivity contribution in [2.24, 2.45) is 10.2 Å². The Morgan fingerprint density at radius 2 is 2.11 bits per heavy atom.